The van der Waals surface area contributed by atoms with Crippen LogP contribution in [-0.2, 0) is 26.2 Å². The lowest BCUT2D eigenvalue weighted by Crippen LogP contribution is -2.44. The van der Waals surface area contributed by atoms with Crippen LogP contribution in [0.3, 0.4) is 0 Å². The molecular weight excluding hydrogens is 394 g/mol. The lowest BCUT2D eigenvalue weighted by Gasteiger charge is -2.33. The van der Waals surface area contributed by atoms with E-state index in [1.54, 1.807) is 36.5 Å². The number of hydroxylamine groups is 2. The predicted molar refractivity (Wildman–Crippen MR) is 106 cm³/mol. The molecule has 0 aliphatic carbocycles. The van der Waals surface area contributed by atoms with Crippen molar-refractivity contribution in [3.8, 4) is 0 Å². The number of carbonyl (C=O) groups is 1. The molecule has 156 valence electrons. The number of aromatic nitrogens is 1. The van der Waals surface area contributed by atoms with Gasteiger partial charge in [0.25, 0.3) is 0 Å². The molecule has 1 atom stereocenters. The van der Waals surface area contributed by atoms with Gasteiger partial charge in [-0.15, -0.1) is 0 Å². The van der Waals surface area contributed by atoms with Crippen LogP contribution in [0.25, 0.3) is 0 Å². The smallest absolute Gasteiger partial charge is 0.233 e. The average molecular weight is 420 g/mol. The fraction of sp³-hybridized carbons (Fsp3) is 0.400. The number of benzene rings is 1. The van der Waals surface area contributed by atoms with Crippen molar-refractivity contribution in [1.29, 1.82) is 0 Å². The normalized spacial score (nSPS) is 17.0. The Labute approximate surface area is 170 Å². The number of amides is 1. The van der Waals surface area contributed by atoms with E-state index in [1.807, 2.05) is 18.2 Å². The summed E-state index contributed by atoms with van der Waals surface area (Å²) < 4.78 is 33.1. The SMILES string of the molecule is O=CN(O)C(CS(=O)(=O)N1CCC(OCc2ccccn2)CC1)c1ccccc1. The Morgan fingerprint density at radius 3 is 2.48 bits per heavy atom. The Kier molecular flexibility index (Phi) is 7.32. The number of rotatable bonds is 9. The first-order valence-electron chi connectivity index (χ1n) is 9.46. The summed E-state index contributed by atoms with van der Waals surface area (Å²) in [5, 5.41) is 10.3. The second kappa shape index (κ2) is 9.93. The zero-order chi connectivity index (χ0) is 20.7. The second-order valence-corrected chi connectivity index (χ2v) is 8.93. The van der Waals surface area contributed by atoms with E-state index < -0.39 is 16.1 Å². The third-order valence-electron chi connectivity index (χ3n) is 4.97. The zero-order valence-corrected chi connectivity index (χ0v) is 16.8. The van der Waals surface area contributed by atoms with E-state index in [4.69, 9.17) is 4.74 Å². The molecule has 0 spiro atoms. The predicted octanol–water partition coefficient (Wildman–Crippen LogP) is 1.98. The molecular formula is C20H25N3O5S. The topological polar surface area (TPSA) is 100 Å². The van der Waals surface area contributed by atoms with Gasteiger partial charge in [-0.25, -0.2) is 17.8 Å². The minimum Gasteiger partial charge on any atom is -0.372 e. The van der Waals surface area contributed by atoms with Crippen LogP contribution >= 0.6 is 0 Å². The van der Waals surface area contributed by atoms with Gasteiger partial charge in [-0.05, 0) is 30.5 Å². The molecule has 2 heterocycles. The van der Waals surface area contributed by atoms with Crippen LogP contribution < -0.4 is 0 Å². The van der Waals surface area contributed by atoms with Crippen LogP contribution in [0.5, 0.6) is 0 Å². The molecule has 8 nitrogen and oxygen atoms in total. The Hall–Kier alpha value is -2.33. The molecule has 1 saturated heterocycles. The standard InChI is InChI=1S/C20H25N3O5S/c24-16-23(25)20(17-6-2-1-3-7-17)15-29(26,27)22-12-9-19(10-13-22)28-14-18-8-4-5-11-21-18/h1-8,11,16,19-20,25H,9-10,12-15H2. The molecule has 2 aromatic rings. The summed E-state index contributed by atoms with van der Waals surface area (Å²) in [6.45, 7) is 1.07. The van der Waals surface area contributed by atoms with Crippen molar-refractivity contribution in [1.82, 2.24) is 14.4 Å². The van der Waals surface area contributed by atoms with Crippen molar-refractivity contribution in [2.45, 2.75) is 31.6 Å². The summed E-state index contributed by atoms with van der Waals surface area (Å²) in [5.41, 5.74) is 1.39. The molecule has 29 heavy (non-hydrogen) atoms. The Morgan fingerprint density at radius 1 is 1.17 bits per heavy atom. The fourth-order valence-electron chi connectivity index (χ4n) is 3.34. The van der Waals surface area contributed by atoms with Gasteiger partial charge >= 0.3 is 0 Å². The molecule has 1 aliphatic heterocycles. The quantitative estimate of drug-likeness (QED) is 0.379. The minimum absolute atomic E-state index is 0.0299. The number of nitrogens with zero attached hydrogens (tertiary/aromatic N) is 3. The maximum Gasteiger partial charge on any atom is 0.233 e. The van der Waals surface area contributed by atoms with E-state index in [-0.39, 0.29) is 18.3 Å². The molecule has 1 aliphatic rings. The number of pyridine rings is 1. The Morgan fingerprint density at radius 2 is 1.86 bits per heavy atom. The Bertz CT molecular complexity index is 872. The van der Waals surface area contributed by atoms with Crippen molar-refractivity contribution in [3.05, 3.63) is 66.0 Å². The van der Waals surface area contributed by atoms with Crippen molar-refractivity contribution >= 4 is 16.4 Å². The largest absolute Gasteiger partial charge is 0.372 e. The highest BCUT2D eigenvalue weighted by Crippen LogP contribution is 2.24. The first kappa shape index (κ1) is 21.4. The van der Waals surface area contributed by atoms with Crippen LogP contribution in [0.2, 0.25) is 0 Å². The molecule has 1 amide bonds. The third-order valence-corrected chi connectivity index (χ3v) is 6.86. The van der Waals surface area contributed by atoms with Crippen LogP contribution in [0.4, 0.5) is 0 Å². The van der Waals surface area contributed by atoms with Crippen molar-refractivity contribution in [3.63, 3.8) is 0 Å². The number of piperidine rings is 1. The fourth-order valence-corrected chi connectivity index (χ4v) is 5.06. The van der Waals surface area contributed by atoms with E-state index in [0.717, 1.165) is 5.69 Å². The van der Waals surface area contributed by atoms with Gasteiger partial charge in [-0.2, -0.15) is 0 Å². The van der Waals surface area contributed by atoms with Crippen molar-refractivity contribution in [2.75, 3.05) is 18.8 Å². The van der Waals surface area contributed by atoms with Gasteiger partial charge in [-0.3, -0.25) is 15.0 Å². The lowest BCUT2D eigenvalue weighted by atomic mass is 10.1. The molecule has 3 rings (SSSR count). The van der Waals surface area contributed by atoms with Crippen LogP contribution in [0, 0.1) is 0 Å². The first-order valence-corrected chi connectivity index (χ1v) is 11.1. The summed E-state index contributed by atoms with van der Waals surface area (Å²) >= 11 is 0. The highest BCUT2D eigenvalue weighted by molar-refractivity contribution is 7.89. The summed E-state index contributed by atoms with van der Waals surface area (Å²) in [4.78, 5) is 15.3. The van der Waals surface area contributed by atoms with E-state index >= 15 is 0 Å². The van der Waals surface area contributed by atoms with E-state index in [1.165, 1.54) is 4.31 Å². The van der Waals surface area contributed by atoms with E-state index in [9.17, 15) is 18.4 Å². The summed E-state index contributed by atoms with van der Waals surface area (Å²) in [7, 11) is -3.67. The molecule has 1 N–H and O–H groups in total. The molecule has 0 bridgehead atoms. The molecule has 1 fully saturated rings. The second-order valence-electron chi connectivity index (χ2n) is 6.92. The molecule has 0 radical (unpaired) electrons. The monoisotopic (exact) mass is 419 g/mol. The van der Waals surface area contributed by atoms with Gasteiger partial charge < -0.3 is 4.74 Å². The minimum atomic E-state index is -3.67. The molecule has 9 heteroatoms. The summed E-state index contributed by atoms with van der Waals surface area (Å²) in [5.74, 6) is -0.383. The maximum atomic E-state index is 12.9. The number of carbonyl (C=O) groups excluding carboxylic acids is 1. The molecule has 0 saturated carbocycles. The lowest BCUT2D eigenvalue weighted by molar-refractivity contribution is -0.159. The summed E-state index contributed by atoms with van der Waals surface area (Å²) in [6, 6.07) is 13.3. The summed E-state index contributed by atoms with van der Waals surface area (Å²) in [6.07, 6.45) is 3.07. The van der Waals surface area contributed by atoms with Crippen molar-refractivity contribution < 1.29 is 23.2 Å². The van der Waals surface area contributed by atoms with Crippen LogP contribution in [-0.4, -0.2) is 59.3 Å². The van der Waals surface area contributed by atoms with Crippen molar-refractivity contribution in [2.24, 2.45) is 0 Å². The maximum absolute atomic E-state index is 12.9. The van der Waals surface area contributed by atoms with Crippen LogP contribution in [0.1, 0.15) is 30.1 Å². The Balaban J connectivity index is 1.57. The average Bonchev–Trinajstić information content (AvgIpc) is 2.77. The zero-order valence-electron chi connectivity index (χ0n) is 16.0. The molecule has 1 aromatic heterocycles. The number of ether oxygens (including phenoxy) is 1. The molecule has 1 unspecified atom stereocenters. The van der Waals surface area contributed by atoms with E-state index in [0.29, 0.717) is 43.2 Å². The first-order chi connectivity index (χ1) is 14.0. The number of sulfonamides is 1. The van der Waals surface area contributed by atoms with Crippen LogP contribution in [0.15, 0.2) is 54.7 Å². The van der Waals surface area contributed by atoms with Gasteiger partial charge in [0.15, 0.2) is 0 Å². The van der Waals surface area contributed by atoms with Gasteiger partial charge in [-0.1, -0.05) is 36.4 Å². The van der Waals surface area contributed by atoms with Gasteiger partial charge in [0.2, 0.25) is 16.4 Å². The highest BCUT2D eigenvalue weighted by atomic mass is 32.2. The van der Waals surface area contributed by atoms with Gasteiger partial charge in [0.1, 0.15) is 0 Å². The van der Waals surface area contributed by atoms with Gasteiger partial charge in [0.05, 0.1) is 30.2 Å². The van der Waals surface area contributed by atoms with Gasteiger partial charge in [0, 0.05) is 19.3 Å². The number of hydrogen-bond acceptors (Lipinski definition) is 6. The molecule has 1 aromatic carbocycles. The third kappa shape index (κ3) is 5.83. The highest BCUT2D eigenvalue weighted by Gasteiger charge is 2.33. The van der Waals surface area contributed by atoms with E-state index in [2.05, 4.69) is 4.98 Å². The number of hydrogen-bond donors (Lipinski definition) is 1.